The van der Waals surface area contributed by atoms with Crippen molar-refractivity contribution in [1.82, 2.24) is 13.7 Å². The van der Waals surface area contributed by atoms with E-state index in [4.69, 9.17) is 9.47 Å². The molecule has 3 heterocycles. The average molecular weight is 419 g/mol. The van der Waals surface area contributed by atoms with Crippen LogP contribution in [-0.4, -0.2) is 54.4 Å². The third-order valence-electron chi connectivity index (χ3n) is 4.52. The molecular weight excluding hydrogens is 401 g/mol. The summed E-state index contributed by atoms with van der Waals surface area (Å²) >= 11 is 0. The van der Waals surface area contributed by atoms with Crippen molar-refractivity contribution in [3.63, 3.8) is 0 Å². The van der Waals surface area contributed by atoms with E-state index in [9.17, 15) is 17.6 Å². The molecule has 0 amide bonds. The van der Waals surface area contributed by atoms with Crippen LogP contribution in [0, 0.1) is 5.82 Å². The molecule has 0 aliphatic carbocycles. The first-order valence-electron chi connectivity index (χ1n) is 8.92. The van der Waals surface area contributed by atoms with E-state index in [1.165, 1.54) is 6.07 Å². The van der Waals surface area contributed by atoms with Gasteiger partial charge in [0, 0.05) is 25.5 Å². The van der Waals surface area contributed by atoms with E-state index in [-0.39, 0.29) is 38.5 Å². The highest BCUT2D eigenvalue weighted by Gasteiger charge is 2.30. The van der Waals surface area contributed by atoms with E-state index in [0.29, 0.717) is 11.3 Å². The first kappa shape index (κ1) is 19.5. The summed E-state index contributed by atoms with van der Waals surface area (Å²) < 4.78 is 53.0. The Bertz CT molecular complexity index is 1120. The summed E-state index contributed by atoms with van der Waals surface area (Å²) in [5, 5.41) is 0. The lowest BCUT2D eigenvalue weighted by Gasteiger charge is -2.26. The molecule has 8 nitrogen and oxygen atoms in total. The number of ether oxygens (including phenoxy) is 2. The number of rotatable bonds is 5. The van der Waals surface area contributed by atoms with E-state index in [2.05, 4.69) is 4.98 Å². The van der Waals surface area contributed by atoms with Gasteiger partial charge in [0.15, 0.2) is 0 Å². The van der Waals surface area contributed by atoms with Crippen LogP contribution >= 0.6 is 0 Å². The van der Waals surface area contributed by atoms with Crippen molar-refractivity contribution < 1.29 is 27.1 Å². The Kier molecular flexibility index (Phi) is 5.31. The number of hydrogen-bond acceptors (Lipinski definition) is 6. The molecule has 0 N–H and O–H groups in total. The fraction of sp³-hybridized carbons (Fsp3) is 0.263. The van der Waals surface area contributed by atoms with Gasteiger partial charge in [-0.3, -0.25) is 0 Å². The van der Waals surface area contributed by atoms with Gasteiger partial charge in [-0.2, -0.15) is 4.31 Å². The molecule has 2 aromatic heterocycles. The fourth-order valence-electron chi connectivity index (χ4n) is 3.03. The number of carbonyl (C=O) groups excluding carboxylic acids is 1. The smallest absolute Gasteiger partial charge is 0.338 e. The molecule has 0 unspecified atom stereocenters. The number of hydrogen-bond donors (Lipinski definition) is 0. The van der Waals surface area contributed by atoms with Gasteiger partial charge < -0.3 is 13.9 Å². The summed E-state index contributed by atoms with van der Waals surface area (Å²) in [5.74, 6) is -1.69. The summed E-state index contributed by atoms with van der Waals surface area (Å²) in [6.45, 7) is 0.640. The van der Waals surface area contributed by atoms with Gasteiger partial charge >= 0.3 is 5.97 Å². The maximum absolute atomic E-state index is 14.3. The van der Waals surface area contributed by atoms with Gasteiger partial charge in [-0.05, 0) is 30.3 Å². The Balaban J connectivity index is 1.52. The molecule has 29 heavy (non-hydrogen) atoms. The standard InChI is InChI=1S/C19H18FN3O5S/c20-16-5-4-14(11-17(16)29(25,26)23-7-9-27-10-8-23)19(24)28-13-15-12-22-6-2-1-3-18(22)21-15/h1-6,11-12H,7-10,13H2. The Hall–Kier alpha value is -2.82. The number of pyridine rings is 1. The predicted octanol–water partition coefficient (Wildman–Crippen LogP) is 1.85. The van der Waals surface area contributed by atoms with Crippen LogP contribution in [0.5, 0.6) is 0 Å². The second-order valence-electron chi connectivity index (χ2n) is 6.44. The van der Waals surface area contributed by atoms with Crippen molar-refractivity contribution in [1.29, 1.82) is 0 Å². The lowest BCUT2D eigenvalue weighted by atomic mass is 10.2. The number of imidazole rings is 1. The van der Waals surface area contributed by atoms with Crippen molar-refractivity contribution in [2.45, 2.75) is 11.5 Å². The van der Waals surface area contributed by atoms with E-state index in [1.54, 1.807) is 10.6 Å². The lowest BCUT2D eigenvalue weighted by molar-refractivity contribution is 0.0468. The van der Waals surface area contributed by atoms with Gasteiger partial charge in [-0.25, -0.2) is 22.6 Å². The van der Waals surface area contributed by atoms with Crippen LogP contribution in [0.25, 0.3) is 5.65 Å². The highest BCUT2D eigenvalue weighted by molar-refractivity contribution is 7.89. The van der Waals surface area contributed by atoms with Crippen molar-refractivity contribution in [2.75, 3.05) is 26.3 Å². The second-order valence-corrected chi connectivity index (χ2v) is 8.34. The molecular formula is C19H18FN3O5S. The summed E-state index contributed by atoms with van der Waals surface area (Å²) in [6.07, 6.45) is 3.54. The van der Waals surface area contributed by atoms with Crippen LogP contribution in [0.2, 0.25) is 0 Å². The zero-order valence-electron chi connectivity index (χ0n) is 15.3. The Morgan fingerprint density at radius 3 is 2.76 bits per heavy atom. The highest BCUT2D eigenvalue weighted by atomic mass is 32.2. The SMILES string of the molecule is O=C(OCc1cn2ccccc2n1)c1ccc(F)c(S(=O)(=O)N2CCOCC2)c1. The number of fused-ring (bicyclic) bond motifs is 1. The quantitative estimate of drug-likeness (QED) is 0.587. The molecule has 152 valence electrons. The number of nitrogens with zero attached hydrogens (tertiary/aromatic N) is 3. The minimum Gasteiger partial charge on any atom is -0.456 e. The first-order valence-corrected chi connectivity index (χ1v) is 10.4. The molecule has 0 bridgehead atoms. The zero-order valence-corrected chi connectivity index (χ0v) is 16.1. The van der Waals surface area contributed by atoms with Gasteiger partial charge in [0.1, 0.15) is 23.0 Å². The van der Waals surface area contributed by atoms with E-state index in [0.717, 1.165) is 16.4 Å². The maximum Gasteiger partial charge on any atom is 0.338 e. The molecule has 1 aromatic carbocycles. The molecule has 0 atom stereocenters. The van der Waals surface area contributed by atoms with E-state index in [1.807, 2.05) is 24.4 Å². The minimum absolute atomic E-state index is 0.0537. The molecule has 3 aromatic rings. The third-order valence-corrected chi connectivity index (χ3v) is 6.43. The molecule has 10 heteroatoms. The van der Waals surface area contributed by atoms with Crippen LogP contribution in [0.4, 0.5) is 4.39 Å². The number of carbonyl (C=O) groups is 1. The summed E-state index contributed by atoms with van der Waals surface area (Å²) in [4.78, 5) is 16.2. The largest absolute Gasteiger partial charge is 0.456 e. The Morgan fingerprint density at radius 1 is 1.21 bits per heavy atom. The predicted molar refractivity (Wildman–Crippen MR) is 100 cm³/mol. The number of sulfonamides is 1. The molecule has 0 saturated carbocycles. The molecule has 1 aliphatic rings. The summed E-state index contributed by atoms with van der Waals surface area (Å²) in [7, 11) is -4.08. The van der Waals surface area contributed by atoms with Crippen molar-refractivity contribution in [3.05, 3.63) is 65.9 Å². The van der Waals surface area contributed by atoms with E-state index < -0.39 is 26.7 Å². The molecule has 4 rings (SSSR count). The van der Waals surface area contributed by atoms with Crippen molar-refractivity contribution in [3.8, 4) is 0 Å². The average Bonchev–Trinajstić information content (AvgIpc) is 3.16. The normalized spacial score (nSPS) is 15.5. The first-order chi connectivity index (χ1) is 13.9. The van der Waals surface area contributed by atoms with Gasteiger partial charge in [-0.15, -0.1) is 0 Å². The van der Waals surface area contributed by atoms with Gasteiger partial charge in [0.05, 0.1) is 24.5 Å². The molecule has 0 radical (unpaired) electrons. The maximum atomic E-state index is 14.3. The topological polar surface area (TPSA) is 90.2 Å². The van der Waals surface area contributed by atoms with Crippen LogP contribution in [0.3, 0.4) is 0 Å². The zero-order chi connectivity index (χ0) is 20.4. The number of benzene rings is 1. The Morgan fingerprint density at radius 2 is 2.00 bits per heavy atom. The van der Waals surface area contributed by atoms with E-state index >= 15 is 0 Å². The van der Waals surface area contributed by atoms with Crippen molar-refractivity contribution in [2.24, 2.45) is 0 Å². The Labute approximate surface area is 166 Å². The van der Waals surface area contributed by atoms with Crippen LogP contribution in [-0.2, 0) is 26.1 Å². The van der Waals surface area contributed by atoms with Crippen LogP contribution in [0.1, 0.15) is 16.1 Å². The van der Waals surface area contributed by atoms with Gasteiger partial charge in [0.2, 0.25) is 10.0 Å². The molecule has 1 aliphatic heterocycles. The number of halogens is 1. The molecule has 1 fully saturated rings. The molecule has 0 spiro atoms. The second kappa shape index (κ2) is 7.90. The fourth-order valence-corrected chi connectivity index (χ4v) is 4.53. The van der Waals surface area contributed by atoms with Crippen LogP contribution in [0.15, 0.2) is 53.7 Å². The van der Waals surface area contributed by atoms with Gasteiger partial charge in [-0.1, -0.05) is 6.07 Å². The highest BCUT2D eigenvalue weighted by Crippen LogP contribution is 2.22. The monoisotopic (exact) mass is 419 g/mol. The summed E-state index contributed by atoms with van der Waals surface area (Å²) in [5.41, 5.74) is 1.19. The number of esters is 1. The van der Waals surface area contributed by atoms with Crippen molar-refractivity contribution >= 4 is 21.6 Å². The third kappa shape index (κ3) is 4.00. The minimum atomic E-state index is -4.08. The van der Waals surface area contributed by atoms with Crippen LogP contribution < -0.4 is 0 Å². The lowest BCUT2D eigenvalue weighted by Crippen LogP contribution is -2.41. The number of morpholine rings is 1. The molecule has 1 saturated heterocycles. The summed E-state index contributed by atoms with van der Waals surface area (Å²) in [6, 6.07) is 8.65. The number of aromatic nitrogens is 2. The van der Waals surface area contributed by atoms with Gasteiger partial charge in [0.25, 0.3) is 0 Å².